The summed E-state index contributed by atoms with van der Waals surface area (Å²) in [6.45, 7) is 9.31. The van der Waals surface area contributed by atoms with Crippen LogP contribution in [0, 0.1) is 13.8 Å². The Morgan fingerprint density at radius 2 is 1.94 bits per heavy atom. The van der Waals surface area contributed by atoms with E-state index >= 15 is 0 Å². The lowest BCUT2D eigenvalue weighted by Gasteiger charge is -2.09. The minimum Gasteiger partial charge on any atom is -0.280 e. The van der Waals surface area contributed by atoms with Gasteiger partial charge in [-0.3, -0.25) is 9.40 Å². The number of nitrogens with one attached hydrogen (secondary N) is 1. The molecule has 0 aliphatic carbocycles. The second-order valence-electron chi connectivity index (χ2n) is 4.09. The average molecular weight is 245 g/mol. The highest BCUT2D eigenvalue weighted by Crippen LogP contribution is 2.23. The fraction of sp³-hybridized carbons (Fsp3) is 0.700. The minimum atomic E-state index is -3.23. The largest absolute Gasteiger partial charge is 0.280 e. The molecule has 1 heterocycles. The smallest absolute Gasteiger partial charge is 0.232 e. The standard InChI is InChI=1S/C10H19N3O2S/c1-6-16(14,15)12-10-8(4)11-13(7(2)3)9(10)5/h7,12H,6H2,1-5H3. The molecule has 1 N–H and O–H groups in total. The summed E-state index contributed by atoms with van der Waals surface area (Å²) in [6, 6.07) is 0.221. The van der Waals surface area contributed by atoms with Gasteiger partial charge in [0.05, 0.1) is 22.8 Å². The Morgan fingerprint density at radius 3 is 2.31 bits per heavy atom. The SMILES string of the molecule is CCS(=O)(=O)Nc1c(C)nn(C(C)C)c1C. The van der Waals surface area contributed by atoms with Crippen LogP contribution in [0.2, 0.25) is 0 Å². The van der Waals surface area contributed by atoms with Crippen molar-refractivity contribution in [2.24, 2.45) is 0 Å². The molecular formula is C10H19N3O2S. The van der Waals surface area contributed by atoms with E-state index in [1.807, 2.05) is 25.5 Å². The molecule has 0 spiro atoms. The number of nitrogens with zero attached hydrogens (tertiary/aromatic N) is 2. The van der Waals surface area contributed by atoms with Crippen LogP contribution >= 0.6 is 0 Å². The fourth-order valence-electron chi connectivity index (χ4n) is 1.54. The maximum absolute atomic E-state index is 11.5. The van der Waals surface area contributed by atoms with E-state index in [0.29, 0.717) is 11.4 Å². The number of aromatic nitrogens is 2. The number of anilines is 1. The van der Waals surface area contributed by atoms with Crippen molar-refractivity contribution >= 4 is 15.7 Å². The first kappa shape index (κ1) is 13.0. The van der Waals surface area contributed by atoms with E-state index in [0.717, 1.165) is 5.69 Å². The van der Waals surface area contributed by atoms with Crippen LogP contribution in [0.25, 0.3) is 0 Å². The van der Waals surface area contributed by atoms with Gasteiger partial charge in [0.2, 0.25) is 10.0 Å². The lowest BCUT2D eigenvalue weighted by molar-refractivity contribution is 0.516. The van der Waals surface area contributed by atoms with E-state index in [1.165, 1.54) is 0 Å². The lowest BCUT2D eigenvalue weighted by Crippen LogP contribution is -2.15. The van der Waals surface area contributed by atoms with E-state index in [1.54, 1.807) is 13.8 Å². The minimum absolute atomic E-state index is 0.0682. The fourth-order valence-corrected chi connectivity index (χ4v) is 2.29. The lowest BCUT2D eigenvalue weighted by atomic mass is 10.3. The molecular weight excluding hydrogens is 226 g/mol. The summed E-state index contributed by atoms with van der Waals surface area (Å²) in [7, 11) is -3.23. The van der Waals surface area contributed by atoms with Crippen LogP contribution in [0.3, 0.4) is 0 Å². The van der Waals surface area contributed by atoms with Crippen molar-refractivity contribution in [1.82, 2.24) is 9.78 Å². The quantitative estimate of drug-likeness (QED) is 0.880. The number of hydrogen-bond acceptors (Lipinski definition) is 3. The third-order valence-corrected chi connectivity index (χ3v) is 3.73. The Labute approximate surface area is 96.9 Å². The summed E-state index contributed by atoms with van der Waals surface area (Å²) in [5, 5.41) is 4.32. The van der Waals surface area contributed by atoms with Crippen molar-refractivity contribution in [1.29, 1.82) is 0 Å². The predicted molar refractivity (Wildman–Crippen MR) is 65.2 cm³/mol. The molecule has 1 aromatic heterocycles. The average Bonchev–Trinajstić information content (AvgIpc) is 2.45. The van der Waals surface area contributed by atoms with Crippen molar-refractivity contribution < 1.29 is 8.42 Å². The zero-order valence-corrected chi connectivity index (χ0v) is 11.2. The van der Waals surface area contributed by atoms with E-state index in [-0.39, 0.29) is 11.8 Å². The molecule has 0 aromatic carbocycles. The monoisotopic (exact) mass is 245 g/mol. The highest BCUT2D eigenvalue weighted by Gasteiger charge is 2.17. The van der Waals surface area contributed by atoms with Gasteiger partial charge in [0.25, 0.3) is 0 Å². The first-order valence-electron chi connectivity index (χ1n) is 5.34. The second kappa shape index (κ2) is 4.45. The Balaban J connectivity index is 3.16. The molecule has 0 saturated carbocycles. The van der Waals surface area contributed by atoms with Gasteiger partial charge in [-0.2, -0.15) is 5.10 Å². The van der Waals surface area contributed by atoms with Gasteiger partial charge in [-0.15, -0.1) is 0 Å². The van der Waals surface area contributed by atoms with Crippen molar-refractivity contribution in [3.8, 4) is 0 Å². The zero-order valence-electron chi connectivity index (χ0n) is 10.4. The maximum atomic E-state index is 11.5. The molecule has 0 fully saturated rings. The van der Waals surface area contributed by atoms with Crippen LogP contribution < -0.4 is 4.72 Å². The van der Waals surface area contributed by atoms with Gasteiger partial charge < -0.3 is 0 Å². The Morgan fingerprint density at radius 1 is 1.38 bits per heavy atom. The third kappa shape index (κ3) is 2.55. The molecule has 0 atom stereocenters. The van der Waals surface area contributed by atoms with Crippen LogP contribution in [0.4, 0.5) is 5.69 Å². The molecule has 6 heteroatoms. The highest BCUT2D eigenvalue weighted by atomic mass is 32.2. The molecule has 16 heavy (non-hydrogen) atoms. The molecule has 5 nitrogen and oxygen atoms in total. The third-order valence-electron chi connectivity index (χ3n) is 2.45. The Hall–Kier alpha value is -1.04. The van der Waals surface area contributed by atoms with Crippen molar-refractivity contribution in [3.05, 3.63) is 11.4 Å². The van der Waals surface area contributed by atoms with Crippen LogP contribution in [-0.2, 0) is 10.0 Å². The number of aryl methyl sites for hydroxylation is 1. The molecule has 0 amide bonds. The predicted octanol–water partition coefficient (Wildman–Crippen LogP) is 1.84. The van der Waals surface area contributed by atoms with Crippen LogP contribution in [0.5, 0.6) is 0 Å². The van der Waals surface area contributed by atoms with Gasteiger partial charge in [-0.1, -0.05) is 0 Å². The van der Waals surface area contributed by atoms with E-state index < -0.39 is 10.0 Å². The summed E-state index contributed by atoms with van der Waals surface area (Å²) < 4.78 is 27.4. The highest BCUT2D eigenvalue weighted by molar-refractivity contribution is 7.92. The topological polar surface area (TPSA) is 64.0 Å². The zero-order chi connectivity index (χ0) is 12.5. The van der Waals surface area contributed by atoms with Gasteiger partial charge in [-0.05, 0) is 34.6 Å². The summed E-state index contributed by atoms with van der Waals surface area (Å²) in [5.41, 5.74) is 2.17. The molecule has 0 aliphatic rings. The van der Waals surface area contributed by atoms with E-state index in [4.69, 9.17) is 0 Å². The molecule has 0 aliphatic heterocycles. The van der Waals surface area contributed by atoms with Crippen molar-refractivity contribution in [2.75, 3.05) is 10.5 Å². The van der Waals surface area contributed by atoms with Crippen molar-refractivity contribution in [3.63, 3.8) is 0 Å². The maximum Gasteiger partial charge on any atom is 0.232 e. The van der Waals surface area contributed by atoms with Gasteiger partial charge in [0, 0.05) is 6.04 Å². The number of hydrogen-bond donors (Lipinski definition) is 1. The first-order chi connectivity index (χ1) is 7.28. The molecule has 92 valence electrons. The first-order valence-corrected chi connectivity index (χ1v) is 7.00. The molecule has 0 radical (unpaired) electrons. The van der Waals surface area contributed by atoms with Gasteiger partial charge >= 0.3 is 0 Å². The molecule has 1 aromatic rings. The molecule has 0 saturated heterocycles. The van der Waals surface area contributed by atoms with Crippen LogP contribution in [0.15, 0.2) is 0 Å². The van der Waals surface area contributed by atoms with Crippen LogP contribution in [0.1, 0.15) is 38.2 Å². The Bertz CT molecular complexity index is 474. The number of sulfonamides is 1. The molecule has 1 rings (SSSR count). The Kier molecular flexibility index (Phi) is 3.62. The molecule has 0 bridgehead atoms. The molecule has 0 unspecified atom stereocenters. The van der Waals surface area contributed by atoms with E-state index in [2.05, 4.69) is 9.82 Å². The number of rotatable bonds is 4. The summed E-state index contributed by atoms with van der Waals surface area (Å²) in [6.07, 6.45) is 0. The van der Waals surface area contributed by atoms with Crippen LogP contribution in [-0.4, -0.2) is 24.0 Å². The van der Waals surface area contributed by atoms with E-state index in [9.17, 15) is 8.42 Å². The second-order valence-corrected chi connectivity index (χ2v) is 6.10. The van der Waals surface area contributed by atoms with Gasteiger partial charge in [0.1, 0.15) is 0 Å². The summed E-state index contributed by atoms with van der Waals surface area (Å²) in [4.78, 5) is 0. The summed E-state index contributed by atoms with van der Waals surface area (Å²) >= 11 is 0. The van der Waals surface area contributed by atoms with Crippen molar-refractivity contribution in [2.45, 2.75) is 40.7 Å². The van der Waals surface area contributed by atoms with Gasteiger partial charge in [-0.25, -0.2) is 8.42 Å². The normalized spacial score (nSPS) is 12.1. The summed E-state index contributed by atoms with van der Waals surface area (Å²) in [5.74, 6) is 0.0682. The van der Waals surface area contributed by atoms with Gasteiger partial charge in [0.15, 0.2) is 0 Å².